The first-order valence-electron chi connectivity index (χ1n) is 7.12. The average Bonchev–Trinajstić information content (AvgIpc) is 2.87. The molecule has 0 atom stereocenters. The first-order valence-corrected chi connectivity index (χ1v) is 8.00. The van der Waals surface area contributed by atoms with Crippen LogP contribution in [0.1, 0.15) is 43.0 Å². The largest absolute Gasteiger partial charge is 0.298 e. The first kappa shape index (κ1) is 14.9. The summed E-state index contributed by atoms with van der Waals surface area (Å²) in [4.78, 5) is 17.3. The normalized spacial score (nSPS) is 11.6. The van der Waals surface area contributed by atoms with Crippen LogP contribution >= 0.6 is 11.3 Å². The second-order valence-corrected chi connectivity index (χ2v) is 6.08. The van der Waals surface area contributed by atoms with Crippen LogP contribution in [0.3, 0.4) is 0 Å². The molecule has 1 heterocycles. The third kappa shape index (κ3) is 2.83. The second kappa shape index (κ2) is 6.31. The van der Waals surface area contributed by atoms with Crippen molar-refractivity contribution in [2.45, 2.75) is 45.4 Å². The molecule has 0 aliphatic rings. The molecule has 1 aromatic heterocycles. The summed E-state index contributed by atoms with van der Waals surface area (Å²) >= 11 is 1.58. The van der Waals surface area contributed by atoms with Crippen molar-refractivity contribution in [3.05, 3.63) is 52.0 Å². The Kier molecular flexibility index (Phi) is 4.71. The van der Waals surface area contributed by atoms with E-state index in [1.807, 2.05) is 30.5 Å². The van der Waals surface area contributed by atoms with E-state index >= 15 is 0 Å². The lowest BCUT2D eigenvalue weighted by Crippen LogP contribution is -2.36. The van der Waals surface area contributed by atoms with Crippen LogP contribution in [0, 0.1) is 6.92 Å². The zero-order valence-electron chi connectivity index (χ0n) is 12.3. The zero-order chi connectivity index (χ0) is 14.6. The molecular weight excluding hydrogens is 266 g/mol. The Bertz CT molecular complexity index is 570. The molecule has 3 heteroatoms. The van der Waals surface area contributed by atoms with E-state index in [9.17, 15) is 4.79 Å². The highest BCUT2D eigenvalue weighted by molar-refractivity contribution is 7.09. The van der Waals surface area contributed by atoms with E-state index in [1.165, 1.54) is 0 Å². The molecule has 106 valence electrons. The van der Waals surface area contributed by atoms with Crippen molar-refractivity contribution in [2.75, 3.05) is 0 Å². The number of nitrogens with zero attached hydrogens (tertiary/aromatic N) is 1. The molecule has 2 rings (SSSR count). The molecule has 2 aromatic rings. The summed E-state index contributed by atoms with van der Waals surface area (Å²) in [5.41, 5.74) is 1.75. The van der Waals surface area contributed by atoms with Gasteiger partial charge in [-0.3, -0.25) is 4.79 Å². The minimum Gasteiger partial charge on any atom is -0.298 e. The molecule has 0 radical (unpaired) electrons. The van der Waals surface area contributed by atoms with E-state index < -0.39 is 0 Å². The van der Waals surface area contributed by atoms with Gasteiger partial charge in [0.05, 0.1) is 11.8 Å². The number of aryl methyl sites for hydroxylation is 1. The molecule has 0 aliphatic carbocycles. The van der Waals surface area contributed by atoms with Crippen molar-refractivity contribution >= 4 is 17.1 Å². The maximum atomic E-state index is 12.9. The van der Waals surface area contributed by atoms with Crippen molar-refractivity contribution in [3.63, 3.8) is 0 Å². The van der Waals surface area contributed by atoms with Crippen molar-refractivity contribution in [2.24, 2.45) is 0 Å². The van der Waals surface area contributed by atoms with Gasteiger partial charge in [-0.15, -0.1) is 11.3 Å². The van der Waals surface area contributed by atoms with E-state index in [2.05, 4.69) is 31.0 Å². The zero-order valence-corrected chi connectivity index (χ0v) is 13.2. The van der Waals surface area contributed by atoms with E-state index in [1.54, 1.807) is 11.3 Å². The summed E-state index contributed by atoms with van der Waals surface area (Å²) in [6, 6.07) is 10.1. The van der Waals surface area contributed by atoms with E-state index in [-0.39, 0.29) is 11.2 Å². The van der Waals surface area contributed by atoms with Gasteiger partial charge in [-0.1, -0.05) is 44.2 Å². The maximum Gasteiger partial charge on any atom is 0.150 e. The van der Waals surface area contributed by atoms with Crippen LogP contribution in [0.25, 0.3) is 0 Å². The Hall–Kier alpha value is -1.48. The predicted octanol–water partition coefficient (Wildman–Crippen LogP) is 4.32. The number of hydrogen-bond acceptors (Lipinski definition) is 3. The molecule has 0 bridgehead atoms. The van der Waals surface area contributed by atoms with Crippen molar-refractivity contribution in [3.8, 4) is 0 Å². The fourth-order valence-electron chi connectivity index (χ4n) is 2.76. The molecule has 0 saturated heterocycles. The van der Waals surface area contributed by atoms with Gasteiger partial charge in [-0.25, -0.2) is 4.98 Å². The molecule has 0 amide bonds. The van der Waals surface area contributed by atoms with Gasteiger partial charge < -0.3 is 0 Å². The third-order valence-corrected chi connectivity index (χ3v) is 5.01. The quantitative estimate of drug-likeness (QED) is 0.792. The molecule has 0 saturated carbocycles. The van der Waals surface area contributed by atoms with E-state index in [4.69, 9.17) is 0 Å². The molecule has 0 unspecified atom stereocenters. The number of aromatic nitrogens is 1. The van der Waals surface area contributed by atoms with Crippen LogP contribution in [-0.2, 0) is 16.6 Å². The summed E-state index contributed by atoms with van der Waals surface area (Å²) < 4.78 is 0. The Labute approximate surface area is 124 Å². The van der Waals surface area contributed by atoms with E-state index in [0.29, 0.717) is 6.42 Å². The topological polar surface area (TPSA) is 30.0 Å². The van der Waals surface area contributed by atoms with Gasteiger partial charge >= 0.3 is 0 Å². The highest BCUT2D eigenvalue weighted by atomic mass is 32.1. The smallest absolute Gasteiger partial charge is 0.150 e. The number of Topliss-reactive ketones (excluding diaryl/α,β-unsaturated/α-hetero) is 1. The van der Waals surface area contributed by atoms with Gasteiger partial charge in [-0.2, -0.15) is 0 Å². The molecular formula is C17H21NOS. The van der Waals surface area contributed by atoms with Crippen LogP contribution in [0.4, 0.5) is 0 Å². The SMILES string of the molecule is CCC(CC)(C(=O)Cc1nc(C)cs1)c1ccccc1. The summed E-state index contributed by atoms with van der Waals surface area (Å²) in [6.07, 6.45) is 2.10. The van der Waals surface area contributed by atoms with Crippen LogP contribution in [0.15, 0.2) is 35.7 Å². The highest BCUT2D eigenvalue weighted by Crippen LogP contribution is 2.34. The van der Waals surface area contributed by atoms with Gasteiger partial charge in [0.1, 0.15) is 10.8 Å². The standard InChI is InChI=1S/C17H21NOS/c1-4-17(5-2,14-9-7-6-8-10-14)15(19)11-16-18-13(3)12-20-16/h6-10,12H,4-5,11H2,1-3H3. The second-order valence-electron chi connectivity index (χ2n) is 5.14. The lowest BCUT2D eigenvalue weighted by atomic mass is 9.71. The average molecular weight is 287 g/mol. The van der Waals surface area contributed by atoms with Gasteiger partial charge in [-0.05, 0) is 25.3 Å². The van der Waals surface area contributed by atoms with Crippen molar-refractivity contribution < 1.29 is 4.79 Å². The Morgan fingerprint density at radius 3 is 2.35 bits per heavy atom. The van der Waals surface area contributed by atoms with Gasteiger partial charge in [0, 0.05) is 11.1 Å². The fourth-order valence-corrected chi connectivity index (χ4v) is 3.53. The van der Waals surface area contributed by atoms with Crippen LogP contribution in [0.2, 0.25) is 0 Å². The molecule has 0 N–H and O–H groups in total. The van der Waals surface area contributed by atoms with E-state index in [0.717, 1.165) is 29.1 Å². The molecule has 1 aromatic carbocycles. The molecule has 0 aliphatic heterocycles. The number of rotatable bonds is 6. The lowest BCUT2D eigenvalue weighted by Gasteiger charge is -2.30. The molecule has 0 spiro atoms. The number of thiazole rings is 1. The minimum absolute atomic E-state index is 0.281. The monoisotopic (exact) mass is 287 g/mol. The minimum atomic E-state index is -0.374. The Morgan fingerprint density at radius 2 is 1.85 bits per heavy atom. The summed E-state index contributed by atoms with van der Waals surface area (Å²) in [5, 5.41) is 2.93. The van der Waals surface area contributed by atoms with Gasteiger partial charge in [0.25, 0.3) is 0 Å². The van der Waals surface area contributed by atoms with Gasteiger partial charge in [0.15, 0.2) is 0 Å². The number of hydrogen-bond donors (Lipinski definition) is 0. The summed E-state index contributed by atoms with van der Waals surface area (Å²) in [5.74, 6) is 0.281. The highest BCUT2D eigenvalue weighted by Gasteiger charge is 2.36. The number of ketones is 1. The third-order valence-electron chi connectivity index (χ3n) is 4.05. The van der Waals surface area contributed by atoms with Crippen LogP contribution in [0.5, 0.6) is 0 Å². The Morgan fingerprint density at radius 1 is 1.20 bits per heavy atom. The first-order chi connectivity index (χ1) is 9.62. The maximum absolute atomic E-state index is 12.9. The summed E-state index contributed by atoms with van der Waals surface area (Å²) in [6.45, 7) is 6.16. The molecule has 0 fully saturated rings. The molecule has 20 heavy (non-hydrogen) atoms. The number of carbonyl (C=O) groups is 1. The summed E-state index contributed by atoms with van der Waals surface area (Å²) in [7, 11) is 0. The number of carbonyl (C=O) groups excluding carboxylic acids is 1. The number of benzene rings is 1. The van der Waals surface area contributed by atoms with Crippen molar-refractivity contribution in [1.82, 2.24) is 4.98 Å². The lowest BCUT2D eigenvalue weighted by molar-refractivity contribution is -0.124. The molecule has 2 nitrogen and oxygen atoms in total. The van der Waals surface area contributed by atoms with Crippen LogP contribution in [-0.4, -0.2) is 10.8 Å². The van der Waals surface area contributed by atoms with Crippen LogP contribution < -0.4 is 0 Å². The van der Waals surface area contributed by atoms with Gasteiger partial charge in [0.2, 0.25) is 0 Å². The Balaban J connectivity index is 2.30. The fraction of sp³-hybridized carbons (Fsp3) is 0.412. The predicted molar refractivity (Wildman–Crippen MR) is 84.3 cm³/mol. The van der Waals surface area contributed by atoms with Crippen molar-refractivity contribution in [1.29, 1.82) is 0 Å².